The zero-order valence-corrected chi connectivity index (χ0v) is 12.0. The average molecular weight is 253 g/mol. The minimum atomic E-state index is -0.178. The number of ether oxygens (including phenoxy) is 1. The summed E-state index contributed by atoms with van der Waals surface area (Å²) in [6.07, 6.45) is 2.24. The Hall–Kier alpha value is -1.09. The van der Waals surface area contributed by atoms with Crippen molar-refractivity contribution in [3.8, 4) is 5.75 Å². The number of nitrogens with one attached hydrogen (secondary N) is 1. The highest BCUT2D eigenvalue weighted by atomic mass is 19.1. The molecule has 0 aromatic heterocycles. The molecule has 2 unspecified atom stereocenters. The highest BCUT2D eigenvalue weighted by Gasteiger charge is 2.15. The lowest BCUT2D eigenvalue weighted by Gasteiger charge is -2.21. The van der Waals surface area contributed by atoms with E-state index < -0.39 is 0 Å². The van der Waals surface area contributed by atoms with E-state index in [-0.39, 0.29) is 18.0 Å². The van der Waals surface area contributed by atoms with Crippen molar-refractivity contribution in [3.05, 3.63) is 29.1 Å². The molecule has 1 aromatic rings. The zero-order chi connectivity index (χ0) is 13.7. The summed E-state index contributed by atoms with van der Waals surface area (Å²) in [5.74, 6) is 0.610. The number of hydrogen-bond acceptors (Lipinski definition) is 2. The van der Waals surface area contributed by atoms with Gasteiger partial charge in [0.25, 0.3) is 0 Å². The molecule has 3 heteroatoms. The first-order valence-corrected chi connectivity index (χ1v) is 6.63. The highest BCUT2D eigenvalue weighted by molar-refractivity contribution is 5.40. The van der Waals surface area contributed by atoms with Gasteiger partial charge in [0, 0.05) is 11.6 Å². The minimum Gasteiger partial charge on any atom is -0.490 e. The van der Waals surface area contributed by atoms with E-state index in [0.717, 1.165) is 24.2 Å². The van der Waals surface area contributed by atoms with Crippen molar-refractivity contribution in [1.29, 1.82) is 0 Å². The van der Waals surface area contributed by atoms with E-state index in [1.54, 1.807) is 19.1 Å². The molecule has 0 saturated heterocycles. The maximum absolute atomic E-state index is 13.7. The standard InChI is InChI=1S/C15H24FNO/c1-6-7-11(3)18-15-8-10(2)14(16)9-13(15)12(4)17-5/h8-9,11-12,17H,6-7H2,1-5H3. The number of aryl methyl sites for hydroxylation is 1. The molecule has 2 atom stereocenters. The fourth-order valence-electron chi connectivity index (χ4n) is 1.95. The van der Waals surface area contributed by atoms with E-state index in [1.165, 1.54) is 0 Å². The van der Waals surface area contributed by atoms with Gasteiger partial charge in [0.2, 0.25) is 0 Å². The molecule has 0 aliphatic heterocycles. The van der Waals surface area contributed by atoms with Gasteiger partial charge in [-0.25, -0.2) is 4.39 Å². The summed E-state index contributed by atoms with van der Waals surface area (Å²) >= 11 is 0. The summed E-state index contributed by atoms with van der Waals surface area (Å²) in [6.45, 7) is 7.95. The first kappa shape index (κ1) is 15.0. The SMILES string of the molecule is CCCC(C)Oc1cc(C)c(F)cc1C(C)NC. The predicted molar refractivity (Wildman–Crippen MR) is 73.6 cm³/mol. The Morgan fingerprint density at radius 1 is 1.33 bits per heavy atom. The second-order valence-electron chi connectivity index (χ2n) is 4.87. The topological polar surface area (TPSA) is 21.3 Å². The predicted octanol–water partition coefficient (Wildman–Crippen LogP) is 3.98. The van der Waals surface area contributed by atoms with Gasteiger partial charge in [-0.2, -0.15) is 0 Å². The lowest BCUT2D eigenvalue weighted by Crippen LogP contribution is -2.17. The van der Waals surface area contributed by atoms with Crippen LogP contribution in [0.25, 0.3) is 0 Å². The Kier molecular flexibility index (Phi) is 5.60. The fourth-order valence-corrected chi connectivity index (χ4v) is 1.95. The molecule has 0 radical (unpaired) electrons. The van der Waals surface area contributed by atoms with Crippen molar-refractivity contribution < 1.29 is 9.13 Å². The molecule has 2 nitrogen and oxygen atoms in total. The lowest BCUT2D eigenvalue weighted by atomic mass is 10.0. The van der Waals surface area contributed by atoms with E-state index in [1.807, 2.05) is 14.0 Å². The Morgan fingerprint density at radius 2 is 2.00 bits per heavy atom. The van der Waals surface area contributed by atoms with E-state index in [0.29, 0.717) is 5.56 Å². The van der Waals surface area contributed by atoms with Crippen molar-refractivity contribution in [3.63, 3.8) is 0 Å². The fraction of sp³-hybridized carbons (Fsp3) is 0.600. The second kappa shape index (κ2) is 6.74. The van der Waals surface area contributed by atoms with Crippen LogP contribution in [-0.2, 0) is 0 Å². The van der Waals surface area contributed by atoms with Gasteiger partial charge >= 0.3 is 0 Å². The third-order valence-corrected chi connectivity index (χ3v) is 3.21. The van der Waals surface area contributed by atoms with E-state index in [4.69, 9.17) is 4.74 Å². The smallest absolute Gasteiger partial charge is 0.126 e. The summed E-state index contributed by atoms with van der Waals surface area (Å²) < 4.78 is 19.6. The normalized spacial score (nSPS) is 14.3. The Balaban J connectivity index is 3.03. The molecular weight excluding hydrogens is 229 g/mol. The summed E-state index contributed by atoms with van der Waals surface area (Å²) in [5, 5.41) is 3.13. The zero-order valence-electron chi connectivity index (χ0n) is 12.0. The van der Waals surface area contributed by atoms with Crippen LogP contribution >= 0.6 is 0 Å². The number of hydrogen-bond donors (Lipinski definition) is 1. The Morgan fingerprint density at radius 3 is 2.56 bits per heavy atom. The molecule has 102 valence electrons. The molecule has 0 aliphatic rings. The summed E-state index contributed by atoms with van der Waals surface area (Å²) in [6, 6.07) is 3.44. The maximum atomic E-state index is 13.7. The third kappa shape index (κ3) is 3.70. The van der Waals surface area contributed by atoms with Gasteiger partial charge < -0.3 is 10.1 Å². The van der Waals surface area contributed by atoms with Gasteiger partial charge in [0.15, 0.2) is 0 Å². The van der Waals surface area contributed by atoms with Crippen LogP contribution in [0.2, 0.25) is 0 Å². The van der Waals surface area contributed by atoms with E-state index in [9.17, 15) is 4.39 Å². The molecule has 0 amide bonds. The van der Waals surface area contributed by atoms with Crippen molar-refractivity contribution in [2.24, 2.45) is 0 Å². The van der Waals surface area contributed by atoms with Crippen LogP contribution in [-0.4, -0.2) is 13.2 Å². The Bertz CT molecular complexity index is 392. The monoisotopic (exact) mass is 253 g/mol. The molecule has 0 saturated carbocycles. The molecule has 0 bridgehead atoms. The lowest BCUT2D eigenvalue weighted by molar-refractivity contribution is 0.206. The molecule has 0 spiro atoms. The Labute approximate surface area is 110 Å². The second-order valence-corrected chi connectivity index (χ2v) is 4.87. The van der Waals surface area contributed by atoms with E-state index >= 15 is 0 Å². The number of rotatable bonds is 6. The third-order valence-electron chi connectivity index (χ3n) is 3.21. The van der Waals surface area contributed by atoms with Gasteiger partial charge in [-0.05, 0) is 51.9 Å². The molecular formula is C15H24FNO. The van der Waals surface area contributed by atoms with Gasteiger partial charge in [-0.15, -0.1) is 0 Å². The highest BCUT2D eigenvalue weighted by Crippen LogP contribution is 2.29. The van der Waals surface area contributed by atoms with Crippen LogP contribution in [0, 0.1) is 12.7 Å². The van der Waals surface area contributed by atoms with Gasteiger partial charge in [-0.3, -0.25) is 0 Å². The van der Waals surface area contributed by atoms with Crippen molar-refractivity contribution in [1.82, 2.24) is 5.32 Å². The molecule has 1 N–H and O–H groups in total. The van der Waals surface area contributed by atoms with Crippen LogP contribution in [0.5, 0.6) is 5.75 Å². The number of benzene rings is 1. The van der Waals surface area contributed by atoms with Crippen molar-refractivity contribution >= 4 is 0 Å². The molecule has 1 rings (SSSR count). The molecule has 18 heavy (non-hydrogen) atoms. The first-order chi connectivity index (χ1) is 8.49. The van der Waals surface area contributed by atoms with Crippen LogP contribution in [0.1, 0.15) is 50.8 Å². The minimum absolute atomic E-state index is 0.0731. The summed E-state index contributed by atoms with van der Waals surface area (Å²) in [5.41, 5.74) is 1.50. The van der Waals surface area contributed by atoms with E-state index in [2.05, 4.69) is 19.2 Å². The van der Waals surface area contributed by atoms with Gasteiger partial charge in [-0.1, -0.05) is 13.3 Å². The van der Waals surface area contributed by atoms with Crippen LogP contribution in [0.4, 0.5) is 4.39 Å². The van der Waals surface area contributed by atoms with Crippen LogP contribution in [0.15, 0.2) is 12.1 Å². The largest absolute Gasteiger partial charge is 0.490 e. The molecule has 0 aliphatic carbocycles. The average Bonchev–Trinajstić information content (AvgIpc) is 2.32. The van der Waals surface area contributed by atoms with Crippen molar-refractivity contribution in [2.75, 3.05) is 7.05 Å². The summed E-state index contributed by atoms with van der Waals surface area (Å²) in [7, 11) is 1.86. The maximum Gasteiger partial charge on any atom is 0.126 e. The van der Waals surface area contributed by atoms with Crippen molar-refractivity contribution in [2.45, 2.75) is 52.7 Å². The van der Waals surface area contributed by atoms with Gasteiger partial charge in [0.05, 0.1) is 6.10 Å². The quantitative estimate of drug-likeness (QED) is 0.828. The molecule has 0 fully saturated rings. The molecule has 1 aromatic carbocycles. The first-order valence-electron chi connectivity index (χ1n) is 6.63. The summed E-state index contributed by atoms with van der Waals surface area (Å²) in [4.78, 5) is 0. The number of halogens is 1. The molecule has 0 heterocycles. The van der Waals surface area contributed by atoms with Crippen LogP contribution in [0.3, 0.4) is 0 Å². The van der Waals surface area contributed by atoms with Gasteiger partial charge in [0.1, 0.15) is 11.6 Å². The van der Waals surface area contributed by atoms with Crippen LogP contribution < -0.4 is 10.1 Å².